The van der Waals surface area contributed by atoms with E-state index in [0.29, 0.717) is 25.1 Å². The van der Waals surface area contributed by atoms with Crippen LogP contribution in [0.3, 0.4) is 0 Å². The molecule has 0 radical (unpaired) electrons. The lowest BCUT2D eigenvalue weighted by Gasteiger charge is -2.18. The van der Waals surface area contributed by atoms with Gasteiger partial charge in [-0.3, -0.25) is 4.79 Å². The summed E-state index contributed by atoms with van der Waals surface area (Å²) in [4.78, 5) is 14.1. The third-order valence-corrected chi connectivity index (χ3v) is 4.71. The Bertz CT molecular complexity index is 561. The fourth-order valence-electron chi connectivity index (χ4n) is 3.23. The molecule has 3 nitrogen and oxygen atoms in total. The van der Waals surface area contributed by atoms with Crippen molar-refractivity contribution in [2.45, 2.75) is 31.8 Å². The van der Waals surface area contributed by atoms with Gasteiger partial charge in [0.05, 0.1) is 6.10 Å². The minimum absolute atomic E-state index is 0.00631. The molecule has 0 spiro atoms. The van der Waals surface area contributed by atoms with Crippen LogP contribution in [0.1, 0.15) is 31.2 Å². The average molecular weight is 295 g/mol. The van der Waals surface area contributed by atoms with E-state index >= 15 is 0 Å². The zero-order valence-electron chi connectivity index (χ0n) is 11.9. The Morgan fingerprint density at radius 1 is 1.43 bits per heavy atom. The van der Waals surface area contributed by atoms with Crippen LogP contribution in [0.5, 0.6) is 0 Å². The fraction of sp³-hybridized carbons (Fsp3) is 0.562. The van der Waals surface area contributed by atoms with Gasteiger partial charge in [-0.2, -0.15) is 0 Å². The van der Waals surface area contributed by atoms with Gasteiger partial charge >= 0.3 is 0 Å². The van der Waals surface area contributed by atoms with E-state index in [1.54, 1.807) is 17.9 Å². The smallest absolute Gasteiger partial charge is 0.226 e. The normalized spacial score (nSPS) is 29.5. The lowest BCUT2D eigenvalue weighted by atomic mass is 10.0. The van der Waals surface area contributed by atoms with E-state index in [9.17, 15) is 18.7 Å². The molecule has 114 valence electrons. The molecule has 1 N–H and O–H groups in total. The molecule has 1 amide bonds. The highest BCUT2D eigenvalue weighted by Gasteiger charge is 2.48. The molecule has 2 aliphatic rings. The lowest BCUT2D eigenvalue weighted by Crippen LogP contribution is -2.31. The first-order valence-electron chi connectivity index (χ1n) is 7.39. The molecule has 1 saturated heterocycles. The van der Waals surface area contributed by atoms with Crippen LogP contribution in [-0.4, -0.2) is 35.1 Å². The van der Waals surface area contributed by atoms with Gasteiger partial charge in [0.2, 0.25) is 5.91 Å². The zero-order valence-corrected chi connectivity index (χ0v) is 11.9. The molecule has 4 atom stereocenters. The highest BCUT2D eigenvalue weighted by Crippen LogP contribution is 2.49. The Labute approximate surface area is 122 Å². The van der Waals surface area contributed by atoms with E-state index < -0.39 is 17.7 Å². The second kappa shape index (κ2) is 5.37. The minimum Gasteiger partial charge on any atom is -0.393 e. The second-order valence-electron chi connectivity index (χ2n) is 6.17. The Hall–Kier alpha value is -1.49. The molecule has 4 unspecified atom stereocenters. The number of amides is 1. The Morgan fingerprint density at radius 2 is 2.19 bits per heavy atom. The average Bonchev–Trinajstić information content (AvgIpc) is 3.07. The quantitative estimate of drug-likeness (QED) is 0.929. The van der Waals surface area contributed by atoms with Crippen LogP contribution in [0.4, 0.5) is 8.78 Å². The maximum Gasteiger partial charge on any atom is 0.226 e. The Morgan fingerprint density at radius 3 is 2.86 bits per heavy atom. The molecular formula is C16H19F2NO2. The van der Waals surface area contributed by atoms with Crippen molar-refractivity contribution < 1.29 is 18.7 Å². The van der Waals surface area contributed by atoms with Crippen LogP contribution < -0.4 is 0 Å². The number of carbonyl (C=O) groups is 1. The summed E-state index contributed by atoms with van der Waals surface area (Å²) in [7, 11) is 0. The zero-order chi connectivity index (χ0) is 15.1. The molecular weight excluding hydrogens is 276 g/mol. The van der Waals surface area contributed by atoms with E-state index in [1.165, 1.54) is 6.07 Å². The molecule has 3 rings (SSSR count). The first-order valence-corrected chi connectivity index (χ1v) is 7.39. The molecule has 1 aliphatic carbocycles. The first-order chi connectivity index (χ1) is 9.99. The number of aliphatic hydroxyl groups is 1. The van der Waals surface area contributed by atoms with Gasteiger partial charge in [0, 0.05) is 24.9 Å². The van der Waals surface area contributed by atoms with E-state index in [1.807, 2.05) is 0 Å². The van der Waals surface area contributed by atoms with Crippen molar-refractivity contribution in [3.05, 3.63) is 35.4 Å². The maximum atomic E-state index is 13.7. The van der Waals surface area contributed by atoms with Gasteiger partial charge in [-0.05, 0) is 37.3 Å². The van der Waals surface area contributed by atoms with Crippen LogP contribution in [-0.2, 0) is 4.79 Å². The minimum atomic E-state index is -0.860. The fourth-order valence-corrected chi connectivity index (χ4v) is 3.23. The Kier molecular flexibility index (Phi) is 3.69. The topological polar surface area (TPSA) is 40.5 Å². The van der Waals surface area contributed by atoms with Gasteiger partial charge in [0.25, 0.3) is 0 Å². The summed E-state index contributed by atoms with van der Waals surface area (Å²) in [6, 6.07) is 4.12. The third kappa shape index (κ3) is 2.67. The van der Waals surface area contributed by atoms with Gasteiger partial charge in [-0.1, -0.05) is 12.1 Å². The first kappa shape index (κ1) is 14.4. The summed E-state index contributed by atoms with van der Waals surface area (Å²) >= 11 is 0. The van der Waals surface area contributed by atoms with Gasteiger partial charge in [0.1, 0.15) is 0 Å². The Balaban J connectivity index is 1.65. The number of nitrogens with zero attached hydrogens (tertiary/aromatic N) is 1. The number of carbonyl (C=O) groups excluding carboxylic acids is 1. The molecule has 0 aromatic heterocycles. The SMILES string of the molecule is CC(O)C1CCN(C(=O)C2CC2c2cccc(F)c2F)C1. The molecule has 1 heterocycles. The van der Waals surface area contributed by atoms with E-state index in [-0.39, 0.29) is 23.7 Å². The van der Waals surface area contributed by atoms with Crippen molar-refractivity contribution in [2.24, 2.45) is 11.8 Å². The van der Waals surface area contributed by atoms with E-state index in [4.69, 9.17) is 0 Å². The number of likely N-dealkylation sites (tertiary alicyclic amines) is 1. The van der Waals surface area contributed by atoms with Crippen molar-refractivity contribution in [3.63, 3.8) is 0 Å². The molecule has 1 aliphatic heterocycles. The van der Waals surface area contributed by atoms with E-state index in [0.717, 1.165) is 12.5 Å². The number of rotatable bonds is 3. The molecule has 0 bridgehead atoms. The number of aliphatic hydroxyl groups excluding tert-OH is 1. The molecule has 5 heteroatoms. The van der Waals surface area contributed by atoms with Gasteiger partial charge in [-0.25, -0.2) is 8.78 Å². The summed E-state index contributed by atoms with van der Waals surface area (Å²) < 4.78 is 27.0. The van der Waals surface area contributed by atoms with Crippen LogP contribution in [0.15, 0.2) is 18.2 Å². The van der Waals surface area contributed by atoms with Gasteiger partial charge in [-0.15, -0.1) is 0 Å². The predicted octanol–water partition coefficient (Wildman–Crippen LogP) is 2.30. The molecule has 1 saturated carbocycles. The van der Waals surface area contributed by atoms with Crippen LogP contribution in [0, 0.1) is 23.5 Å². The highest BCUT2D eigenvalue weighted by atomic mass is 19.2. The van der Waals surface area contributed by atoms with Crippen molar-refractivity contribution in [1.82, 2.24) is 4.90 Å². The van der Waals surface area contributed by atoms with Crippen LogP contribution in [0.2, 0.25) is 0 Å². The van der Waals surface area contributed by atoms with Gasteiger partial charge < -0.3 is 10.0 Å². The second-order valence-corrected chi connectivity index (χ2v) is 6.17. The van der Waals surface area contributed by atoms with Crippen molar-refractivity contribution in [2.75, 3.05) is 13.1 Å². The summed E-state index contributed by atoms with van der Waals surface area (Å²) in [5, 5.41) is 9.57. The third-order valence-electron chi connectivity index (χ3n) is 4.71. The number of halogens is 2. The molecule has 1 aromatic rings. The monoisotopic (exact) mass is 295 g/mol. The summed E-state index contributed by atoms with van der Waals surface area (Å²) in [5.74, 6) is -2.02. The standard InChI is InChI=1S/C16H19F2NO2/c1-9(20)10-5-6-19(8-10)16(21)13-7-12(13)11-3-2-4-14(17)15(11)18/h2-4,9-10,12-13,20H,5-8H2,1H3. The summed E-state index contributed by atoms with van der Waals surface area (Å²) in [6.07, 6.45) is 0.961. The maximum absolute atomic E-state index is 13.7. The summed E-state index contributed by atoms with van der Waals surface area (Å²) in [6.45, 7) is 2.94. The van der Waals surface area contributed by atoms with Crippen molar-refractivity contribution in [3.8, 4) is 0 Å². The number of benzene rings is 1. The van der Waals surface area contributed by atoms with E-state index in [2.05, 4.69) is 0 Å². The number of hydrogen-bond acceptors (Lipinski definition) is 2. The highest BCUT2D eigenvalue weighted by molar-refractivity contribution is 5.83. The molecule has 21 heavy (non-hydrogen) atoms. The molecule has 2 fully saturated rings. The van der Waals surface area contributed by atoms with Gasteiger partial charge in [0.15, 0.2) is 11.6 Å². The van der Waals surface area contributed by atoms with Crippen molar-refractivity contribution >= 4 is 5.91 Å². The van der Waals surface area contributed by atoms with Crippen molar-refractivity contribution in [1.29, 1.82) is 0 Å². The number of hydrogen-bond donors (Lipinski definition) is 1. The summed E-state index contributed by atoms with van der Waals surface area (Å²) in [5.41, 5.74) is 0.305. The van der Waals surface area contributed by atoms with Crippen LogP contribution in [0.25, 0.3) is 0 Å². The van der Waals surface area contributed by atoms with Crippen LogP contribution >= 0.6 is 0 Å². The molecule has 1 aromatic carbocycles. The largest absolute Gasteiger partial charge is 0.393 e. The lowest BCUT2D eigenvalue weighted by molar-refractivity contribution is -0.131. The predicted molar refractivity (Wildman–Crippen MR) is 73.6 cm³/mol.